The SMILES string of the molecule is C=CCCOc1ccc(-c2ccc(CCc3ccc(C(O)CCC)cc3F)cc2)c(F)c1F. The van der Waals surface area contributed by atoms with Crippen LogP contribution >= 0.6 is 0 Å². The highest BCUT2D eigenvalue weighted by Gasteiger charge is 2.16. The molecule has 0 aliphatic rings. The minimum Gasteiger partial charge on any atom is -0.490 e. The maximum atomic E-state index is 14.6. The first-order chi connectivity index (χ1) is 15.9. The van der Waals surface area contributed by atoms with Crippen molar-refractivity contribution in [1.29, 1.82) is 0 Å². The lowest BCUT2D eigenvalue weighted by Crippen LogP contribution is -2.01. The third-order valence-electron chi connectivity index (χ3n) is 5.60. The molecule has 0 aliphatic heterocycles. The number of halogens is 3. The number of hydrogen-bond acceptors (Lipinski definition) is 2. The van der Waals surface area contributed by atoms with Crippen LogP contribution in [0.15, 0.2) is 67.3 Å². The molecule has 2 nitrogen and oxygen atoms in total. The Hall–Kier alpha value is -3.05. The van der Waals surface area contributed by atoms with E-state index in [1.54, 1.807) is 30.3 Å². The van der Waals surface area contributed by atoms with Crippen molar-refractivity contribution in [3.63, 3.8) is 0 Å². The predicted octanol–water partition coefficient (Wildman–Crippen LogP) is 7.34. The van der Waals surface area contributed by atoms with Crippen molar-refractivity contribution in [3.05, 3.63) is 101 Å². The van der Waals surface area contributed by atoms with Gasteiger partial charge in [-0.05, 0) is 66.1 Å². The topological polar surface area (TPSA) is 29.5 Å². The van der Waals surface area contributed by atoms with Gasteiger partial charge in [-0.3, -0.25) is 0 Å². The average Bonchev–Trinajstić information content (AvgIpc) is 2.82. The summed E-state index contributed by atoms with van der Waals surface area (Å²) in [6.45, 7) is 5.77. The molecule has 0 saturated heterocycles. The molecule has 0 spiro atoms. The van der Waals surface area contributed by atoms with Crippen LogP contribution in [0.4, 0.5) is 13.2 Å². The number of benzene rings is 3. The molecule has 0 bridgehead atoms. The number of aliphatic hydroxyl groups excluding tert-OH is 1. The van der Waals surface area contributed by atoms with Gasteiger partial charge in [0.05, 0.1) is 12.7 Å². The van der Waals surface area contributed by atoms with Gasteiger partial charge in [0.25, 0.3) is 0 Å². The number of aliphatic hydroxyl groups is 1. The normalized spacial score (nSPS) is 11.9. The average molecular weight is 455 g/mol. The van der Waals surface area contributed by atoms with E-state index in [1.165, 1.54) is 18.2 Å². The molecule has 3 rings (SSSR count). The smallest absolute Gasteiger partial charge is 0.201 e. The van der Waals surface area contributed by atoms with Crippen LogP contribution in [-0.2, 0) is 12.8 Å². The maximum Gasteiger partial charge on any atom is 0.201 e. The highest BCUT2D eigenvalue weighted by atomic mass is 19.2. The van der Waals surface area contributed by atoms with E-state index in [0.29, 0.717) is 42.4 Å². The molecule has 33 heavy (non-hydrogen) atoms. The first kappa shape index (κ1) is 24.6. The highest BCUT2D eigenvalue weighted by molar-refractivity contribution is 5.65. The van der Waals surface area contributed by atoms with Gasteiger partial charge in [0, 0.05) is 5.56 Å². The van der Waals surface area contributed by atoms with Gasteiger partial charge >= 0.3 is 0 Å². The van der Waals surface area contributed by atoms with Gasteiger partial charge in [-0.25, -0.2) is 8.78 Å². The van der Waals surface area contributed by atoms with E-state index in [-0.39, 0.29) is 23.7 Å². The molecule has 0 fully saturated rings. The Labute approximate surface area is 193 Å². The zero-order valence-electron chi connectivity index (χ0n) is 18.8. The monoisotopic (exact) mass is 454 g/mol. The quantitative estimate of drug-likeness (QED) is 0.243. The highest BCUT2D eigenvalue weighted by Crippen LogP contribution is 2.30. The summed E-state index contributed by atoms with van der Waals surface area (Å²) >= 11 is 0. The summed E-state index contributed by atoms with van der Waals surface area (Å²) in [4.78, 5) is 0. The second kappa shape index (κ2) is 11.7. The fraction of sp³-hybridized carbons (Fsp3) is 0.286. The van der Waals surface area contributed by atoms with Crippen molar-refractivity contribution in [1.82, 2.24) is 0 Å². The number of hydrogen-bond donors (Lipinski definition) is 1. The fourth-order valence-electron chi connectivity index (χ4n) is 3.66. The van der Waals surface area contributed by atoms with Crippen LogP contribution in [0.5, 0.6) is 5.75 Å². The summed E-state index contributed by atoms with van der Waals surface area (Å²) in [5, 5.41) is 10.0. The van der Waals surface area contributed by atoms with Crippen molar-refractivity contribution < 1.29 is 23.0 Å². The van der Waals surface area contributed by atoms with Gasteiger partial charge < -0.3 is 9.84 Å². The van der Waals surface area contributed by atoms with E-state index >= 15 is 0 Å². The van der Waals surface area contributed by atoms with Gasteiger partial charge in [-0.2, -0.15) is 4.39 Å². The Morgan fingerprint density at radius 2 is 1.73 bits per heavy atom. The molecule has 0 heterocycles. The van der Waals surface area contributed by atoms with Crippen LogP contribution in [0, 0.1) is 17.5 Å². The number of aryl methyl sites for hydroxylation is 2. The summed E-state index contributed by atoms with van der Waals surface area (Å²) in [5.74, 6) is -2.41. The van der Waals surface area contributed by atoms with Crippen LogP contribution in [0.3, 0.4) is 0 Å². The Balaban J connectivity index is 1.66. The van der Waals surface area contributed by atoms with Crippen molar-refractivity contribution in [2.75, 3.05) is 6.61 Å². The van der Waals surface area contributed by atoms with Gasteiger partial charge in [0.15, 0.2) is 11.6 Å². The molecular weight excluding hydrogens is 425 g/mol. The van der Waals surface area contributed by atoms with Crippen molar-refractivity contribution in [2.24, 2.45) is 0 Å². The first-order valence-corrected chi connectivity index (χ1v) is 11.2. The summed E-state index contributed by atoms with van der Waals surface area (Å²) in [5.41, 5.74) is 2.83. The Morgan fingerprint density at radius 3 is 2.39 bits per heavy atom. The summed E-state index contributed by atoms with van der Waals surface area (Å²) in [6, 6.07) is 14.9. The van der Waals surface area contributed by atoms with E-state index in [0.717, 1.165) is 12.0 Å². The number of ether oxygens (including phenoxy) is 1. The summed E-state index contributed by atoms with van der Waals surface area (Å²) in [6.07, 6.45) is 4.05. The summed E-state index contributed by atoms with van der Waals surface area (Å²) in [7, 11) is 0. The molecule has 5 heteroatoms. The molecule has 174 valence electrons. The fourth-order valence-corrected chi connectivity index (χ4v) is 3.66. The van der Waals surface area contributed by atoms with Crippen molar-refractivity contribution in [3.8, 4) is 16.9 Å². The predicted molar refractivity (Wildman–Crippen MR) is 126 cm³/mol. The zero-order chi connectivity index (χ0) is 23.8. The third kappa shape index (κ3) is 6.26. The molecule has 1 unspecified atom stereocenters. The Morgan fingerprint density at radius 1 is 0.970 bits per heavy atom. The van der Waals surface area contributed by atoms with Crippen molar-refractivity contribution >= 4 is 0 Å². The second-order valence-corrected chi connectivity index (χ2v) is 8.02. The molecule has 0 aromatic heterocycles. The largest absolute Gasteiger partial charge is 0.490 e. The maximum absolute atomic E-state index is 14.6. The van der Waals surface area contributed by atoms with Crippen LogP contribution in [0.2, 0.25) is 0 Å². The number of rotatable bonds is 11. The van der Waals surface area contributed by atoms with Crippen LogP contribution in [-0.4, -0.2) is 11.7 Å². The second-order valence-electron chi connectivity index (χ2n) is 8.02. The molecule has 0 radical (unpaired) electrons. The molecule has 1 N–H and O–H groups in total. The zero-order valence-corrected chi connectivity index (χ0v) is 18.8. The van der Waals surface area contributed by atoms with Crippen LogP contribution < -0.4 is 4.74 Å². The third-order valence-corrected chi connectivity index (χ3v) is 5.60. The van der Waals surface area contributed by atoms with E-state index in [1.807, 2.05) is 19.1 Å². The lowest BCUT2D eigenvalue weighted by Gasteiger charge is -2.12. The van der Waals surface area contributed by atoms with Gasteiger partial charge in [-0.15, -0.1) is 6.58 Å². The van der Waals surface area contributed by atoms with E-state index in [4.69, 9.17) is 4.74 Å². The van der Waals surface area contributed by atoms with Crippen LogP contribution in [0.25, 0.3) is 11.1 Å². The van der Waals surface area contributed by atoms with Gasteiger partial charge in [0.1, 0.15) is 5.82 Å². The lowest BCUT2D eigenvalue weighted by atomic mass is 9.98. The molecule has 1 atom stereocenters. The molecule has 0 saturated carbocycles. The minimum absolute atomic E-state index is 0.120. The standard InChI is InChI=1S/C28H29F3O2/c1-3-5-17-33-26-16-15-23(27(30)28(26)31)20-10-7-19(8-11-20)9-12-21-13-14-22(18-24(21)29)25(32)6-4-2/h3,7-8,10-11,13-16,18,25,32H,1,4-6,9,12,17H2,2H3. The Kier molecular flexibility index (Phi) is 8.72. The molecule has 0 amide bonds. The van der Waals surface area contributed by atoms with Gasteiger partial charge in [0.2, 0.25) is 5.82 Å². The van der Waals surface area contributed by atoms with E-state index < -0.39 is 17.7 Å². The Bertz CT molecular complexity index is 1080. The first-order valence-electron chi connectivity index (χ1n) is 11.2. The van der Waals surface area contributed by atoms with Gasteiger partial charge in [-0.1, -0.05) is 55.8 Å². The molecular formula is C28H29F3O2. The van der Waals surface area contributed by atoms with Crippen molar-refractivity contribution in [2.45, 2.75) is 45.1 Å². The molecule has 3 aromatic carbocycles. The molecule has 0 aliphatic carbocycles. The molecule has 3 aromatic rings. The summed E-state index contributed by atoms with van der Waals surface area (Å²) < 4.78 is 48.6. The van der Waals surface area contributed by atoms with E-state index in [2.05, 4.69) is 6.58 Å². The minimum atomic E-state index is -1.01. The van der Waals surface area contributed by atoms with Crippen LogP contribution in [0.1, 0.15) is 49.0 Å². The van der Waals surface area contributed by atoms with E-state index in [9.17, 15) is 18.3 Å². The lowest BCUT2D eigenvalue weighted by molar-refractivity contribution is 0.166.